The van der Waals surface area contributed by atoms with E-state index in [1.54, 1.807) is 13.2 Å². The summed E-state index contributed by atoms with van der Waals surface area (Å²) in [5.74, 6) is 0.841. The molecule has 0 fully saturated rings. The highest BCUT2D eigenvalue weighted by Crippen LogP contribution is 2.28. The Morgan fingerprint density at radius 3 is 2.45 bits per heavy atom. The quantitative estimate of drug-likeness (QED) is 0.348. The number of hydrazone groups is 1. The van der Waals surface area contributed by atoms with Gasteiger partial charge in [0.1, 0.15) is 6.61 Å². The Kier molecular flexibility index (Phi) is 8.20. The first-order valence-corrected chi connectivity index (χ1v) is 10.4. The van der Waals surface area contributed by atoms with Gasteiger partial charge in [0.15, 0.2) is 17.6 Å². The summed E-state index contributed by atoms with van der Waals surface area (Å²) in [6.07, 6.45) is 0.804. The van der Waals surface area contributed by atoms with Crippen LogP contribution in [0, 0.1) is 0 Å². The van der Waals surface area contributed by atoms with E-state index in [1.165, 1.54) is 13.3 Å². The van der Waals surface area contributed by atoms with Gasteiger partial charge in [-0.3, -0.25) is 4.79 Å². The standard InChI is InChI=1S/C24H23BrN2O4/c1-29-22-14-18(10-13-21(22)31-16-17-8-11-20(25)12-9-17)15-26-27-24(28)23(30-2)19-6-4-3-5-7-19/h3-15,23H,16H2,1-2H3,(H,27,28)/t23-/m0/s1. The molecule has 1 N–H and O–H groups in total. The van der Waals surface area contributed by atoms with Gasteiger partial charge < -0.3 is 14.2 Å². The SMILES string of the molecule is COc1cc(C=NNC(=O)[C@@H](OC)c2ccccc2)ccc1OCc1ccc(Br)cc1. The molecule has 3 aromatic carbocycles. The van der Waals surface area contributed by atoms with Gasteiger partial charge in [0.25, 0.3) is 5.91 Å². The predicted molar refractivity (Wildman–Crippen MR) is 123 cm³/mol. The molecule has 160 valence electrons. The van der Waals surface area contributed by atoms with E-state index >= 15 is 0 Å². The summed E-state index contributed by atoms with van der Waals surface area (Å²) in [5.41, 5.74) is 5.07. The number of amides is 1. The maximum Gasteiger partial charge on any atom is 0.273 e. The number of hydrogen-bond donors (Lipinski definition) is 1. The molecular formula is C24H23BrN2O4. The van der Waals surface area contributed by atoms with Gasteiger partial charge in [-0.25, -0.2) is 5.43 Å². The molecule has 0 heterocycles. The number of hydrogen-bond acceptors (Lipinski definition) is 5. The smallest absolute Gasteiger partial charge is 0.273 e. The third kappa shape index (κ3) is 6.41. The highest BCUT2D eigenvalue weighted by atomic mass is 79.9. The second kappa shape index (κ2) is 11.3. The van der Waals surface area contributed by atoms with E-state index in [1.807, 2.05) is 66.7 Å². The summed E-state index contributed by atoms with van der Waals surface area (Å²) in [6, 6.07) is 22.6. The fourth-order valence-corrected chi connectivity index (χ4v) is 3.14. The van der Waals surface area contributed by atoms with E-state index in [4.69, 9.17) is 14.2 Å². The summed E-state index contributed by atoms with van der Waals surface area (Å²) < 4.78 is 17.6. The molecule has 0 unspecified atom stereocenters. The molecule has 0 aliphatic heterocycles. The van der Waals surface area contributed by atoms with Crippen LogP contribution in [0.1, 0.15) is 22.8 Å². The maximum atomic E-state index is 12.4. The minimum absolute atomic E-state index is 0.355. The molecule has 6 nitrogen and oxygen atoms in total. The van der Waals surface area contributed by atoms with Gasteiger partial charge in [0.2, 0.25) is 0 Å². The lowest BCUT2D eigenvalue weighted by Crippen LogP contribution is -2.26. The second-order valence-electron chi connectivity index (χ2n) is 6.59. The van der Waals surface area contributed by atoms with Crippen molar-refractivity contribution < 1.29 is 19.0 Å². The molecular weight excluding hydrogens is 460 g/mol. The van der Waals surface area contributed by atoms with Crippen LogP contribution >= 0.6 is 15.9 Å². The lowest BCUT2D eigenvalue weighted by Gasteiger charge is -2.13. The molecule has 0 saturated heterocycles. The number of carbonyl (C=O) groups is 1. The van der Waals surface area contributed by atoms with Crippen LogP contribution in [-0.2, 0) is 16.1 Å². The average Bonchev–Trinajstić information content (AvgIpc) is 2.80. The zero-order valence-electron chi connectivity index (χ0n) is 17.2. The van der Waals surface area contributed by atoms with Crippen molar-refractivity contribution in [3.63, 3.8) is 0 Å². The molecule has 0 saturated carbocycles. The van der Waals surface area contributed by atoms with E-state index in [9.17, 15) is 4.79 Å². The second-order valence-corrected chi connectivity index (χ2v) is 7.50. The Labute approximate surface area is 190 Å². The van der Waals surface area contributed by atoms with Crippen molar-refractivity contribution in [3.05, 3.63) is 94.0 Å². The minimum Gasteiger partial charge on any atom is -0.493 e. The van der Waals surface area contributed by atoms with Gasteiger partial charge in [0, 0.05) is 11.6 Å². The molecule has 0 aromatic heterocycles. The van der Waals surface area contributed by atoms with E-state index in [-0.39, 0.29) is 5.91 Å². The highest BCUT2D eigenvalue weighted by molar-refractivity contribution is 9.10. The van der Waals surface area contributed by atoms with E-state index < -0.39 is 6.10 Å². The molecule has 0 spiro atoms. The molecule has 3 rings (SSSR count). The summed E-state index contributed by atoms with van der Waals surface area (Å²) in [4.78, 5) is 12.4. The number of halogens is 1. The largest absolute Gasteiger partial charge is 0.493 e. The van der Waals surface area contributed by atoms with Crippen LogP contribution in [0.5, 0.6) is 11.5 Å². The van der Waals surface area contributed by atoms with Gasteiger partial charge in [-0.2, -0.15) is 5.10 Å². The predicted octanol–water partition coefficient (Wildman–Crippen LogP) is 4.87. The third-order valence-corrected chi connectivity index (χ3v) is 4.99. The van der Waals surface area contributed by atoms with Crippen molar-refractivity contribution in [1.29, 1.82) is 0 Å². The average molecular weight is 483 g/mol. The molecule has 0 aliphatic carbocycles. The number of nitrogens with one attached hydrogen (secondary N) is 1. The minimum atomic E-state index is -0.734. The van der Waals surface area contributed by atoms with Crippen molar-refractivity contribution in [2.24, 2.45) is 5.10 Å². The molecule has 0 radical (unpaired) electrons. The van der Waals surface area contributed by atoms with E-state index in [2.05, 4.69) is 26.5 Å². The van der Waals surface area contributed by atoms with Gasteiger partial charge >= 0.3 is 0 Å². The zero-order chi connectivity index (χ0) is 22.1. The Bertz CT molecular complexity index is 1020. The number of nitrogens with zero attached hydrogens (tertiary/aromatic N) is 1. The van der Waals surface area contributed by atoms with E-state index in [0.29, 0.717) is 18.1 Å². The molecule has 0 aliphatic rings. The first kappa shape index (κ1) is 22.5. The summed E-state index contributed by atoms with van der Waals surface area (Å²) in [6.45, 7) is 0.422. The number of rotatable bonds is 9. The van der Waals surface area contributed by atoms with Crippen LogP contribution in [-0.4, -0.2) is 26.3 Å². The molecule has 31 heavy (non-hydrogen) atoms. The first-order chi connectivity index (χ1) is 15.1. The van der Waals surface area contributed by atoms with E-state index in [0.717, 1.165) is 21.2 Å². The zero-order valence-corrected chi connectivity index (χ0v) is 18.8. The number of ether oxygens (including phenoxy) is 3. The van der Waals surface area contributed by atoms with Crippen LogP contribution in [0.15, 0.2) is 82.4 Å². The Hall–Kier alpha value is -3.16. The maximum absolute atomic E-state index is 12.4. The Morgan fingerprint density at radius 1 is 1.03 bits per heavy atom. The molecule has 7 heteroatoms. The first-order valence-electron chi connectivity index (χ1n) is 9.56. The summed E-state index contributed by atoms with van der Waals surface area (Å²) in [7, 11) is 3.06. The van der Waals surface area contributed by atoms with Crippen molar-refractivity contribution in [2.45, 2.75) is 12.7 Å². The Morgan fingerprint density at radius 2 is 1.77 bits per heavy atom. The van der Waals surface area contributed by atoms with Gasteiger partial charge in [-0.1, -0.05) is 58.4 Å². The van der Waals surface area contributed by atoms with Crippen LogP contribution in [0.2, 0.25) is 0 Å². The monoisotopic (exact) mass is 482 g/mol. The number of carbonyl (C=O) groups excluding carboxylic acids is 1. The number of methoxy groups -OCH3 is 2. The molecule has 1 atom stereocenters. The van der Waals surface area contributed by atoms with Gasteiger partial charge in [-0.05, 0) is 47.0 Å². The van der Waals surface area contributed by atoms with Crippen LogP contribution in [0.3, 0.4) is 0 Å². The van der Waals surface area contributed by atoms with Gasteiger partial charge in [0.05, 0.1) is 13.3 Å². The van der Waals surface area contributed by atoms with Gasteiger partial charge in [-0.15, -0.1) is 0 Å². The fourth-order valence-electron chi connectivity index (χ4n) is 2.88. The molecule has 1 amide bonds. The number of benzene rings is 3. The molecule has 3 aromatic rings. The van der Waals surface area contributed by atoms with Crippen molar-refractivity contribution in [2.75, 3.05) is 14.2 Å². The lowest BCUT2D eigenvalue weighted by atomic mass is 10.1. The topological polar surface area (TPSA) is 69.2 Å². The van der Waals surface area contributed by atoms with Crippen LogP contribution < -0.4 is 14.9 Å². The summed E-state index contributed by atoms with van der Waals surface area (Å²) >= 11 is 3.42. The van der Waals surface area contributed by atoms with Crippen molar-refractivity contribution >= 4 is 28.1 Å². The summed E-state index contributed by atoms with van der Waals surface area (Å²) in [5, 5.41) is 4.04. The molecule has 0 bridgehead atoms. The normalized spacial score (nSPS) is 11.8. The van der Waals surface area contributed by atoms with Crippen LogP contribution in [0.25, 0.3) is 0 Å². The third-order valence-electron chi connectivity index (χ3n) is 4.46. The van der Waals surface area contributed by atoms with Crippen molar-refractivity contribution in [3.8, 4) is 11.5 Å². The van der Waals surface area contributed by atoms with Crippen LogP contribution in [0.4, 0.5) is 0 Å². The fraction of sp³-hybridized carbons (Fsp3) is 0.167. The van der Waals surface area contributed by atoms with Crippen molar-refractivity contribution in [1.82, 2.24) is 5.43 Å². The highest BCUT2D eigenvalue weighted by Gasteiger charge is 2.19. The Balaban J connectivity index is 1.61. The lowest BCUT2D eigenvalue weighted by molar-refractivity contribution is -0.131.